The van der Waals surface area contributed by atoms with Crippen molar-refractivity contribution < 1.29 is 8.42 Å². The van der Waals surface area contributed by atoms with E-state index in [1.165, 1.54) is 6.07 Å². The zero-order valence-electron chi connectivity index (χ0n) is 11.7. The molecule has 1 unspecified atom stereocenters. The molecule has 0 aromatic heterocycles. The molecule has 1 atom stereocenters. The van der Waals surface area contributed by atoms with Crippen LogP contribution in [0.1, 0.15) is 31.7 Å². The number of nitrogens with two attached hydrogens (primary N) is 1. The summed E-state index contributed by atoms with van der Waals surface area (Å²) in [6.45, 7) is 3.61. The van der Waals surface area contributed by atoms with Crippen LogP contribution in [0.25, 0.3) is 0 Å². The molecule has 1 aliphatic rings. The molecule has 0 aliphatic carbocycles. The Kier molecular flexibility index (Phi) is 5.07. The average molecular weight is 317 g/mol. The summed E-state index contributed by atoms with van der Waals surface area (Å²) in [6, 6.07) is 4.80. The molecule has 4 nitrogen and oxygen atoms in total. The Labute approximate surface area is 126 Å². The molecule has 1 saturated heterocycles. The van der Waals surface area contributed by atoms with Crippen LogP contribution in [0.4, 0.5) is 0 Å². The Morgan fingerprint density at radius 3 is 2.80 bits per heavy atom. The highest BCUT2D eigenvalue weighted by molar-refractivity contribution is 7.89. The van der Waals surface area contributed by atoms with Gasteiger partial charge in [0.25, 0.3) is 0 Å². The fraction of sp³-hybridized carbons (Fsp3) is 0.571. The zero-order valence-corrected chi connectivity index (χ0v) is 13.3. The first-order chi connectivity index (χ1) is 9.48. The SMILES string of the molecule is CCC1CCCN(S(=O)(=O)c2ccc(CN)c(Cl)c2)C1. The molecule has 0 saturated carbocycles. The highest BCUT2D eigenvalue weighted by Crippen LogP contribution is 2.27. The third kappa shape index (κ3) is 3.17. The lowest BCUT2D eigenvalue weighted by Gasteiger charge is -2.31. The lowest BCUT2D eigenvalue weighted by Crippen LogP contribution is -2.39. The van der Waals surface area contributed by atoms with E-state index in [1.807, 2.05) is 0 Å². The molecule has 1 heterocycles. The van der Waals surface area contributed by atoms with Crippen molar-refractivity contribution in [3.63, 3.8) is 0 Å². The van der Waals surface area contributed by atoms with Crippen LogP contribution in [0.15, 0.2) is 23.1 Å². The number of hydrogen-bond donors (Lipinski definition) is 1. The van der Waals surface area contributed by atoms with Crippen molar-refractivity contribution in [3.05, 3.63) is 28.8 Å². The Morgan fingerprint density at radius 2 is 2.20 bits per heavy atom. The summed E-state index contributed by atoms with van der Waals surface area (Å²) in [5.74, 6) is 0.456. The van der Waals surface area contributed by atoms with Crippen LogP contribution in [0.3, 0.4) is 0 Å². The molecule has 1 aromatic rings. The maximum atomic E-state index is 12.6. The summed E-state index contributed by atoms with van der Waals surface area (Å²) < 4.78 is 26.9. The van der Waals surface area contributed by atoms with Gasteiger partial charge in [-0.15, -0.1) is 0 Å². The van der Waals surface area contributed by atoms with Crippen LogP contribution in [0.2, 0.25) is 5.02 Å². The van der Waals surface area contributed by atoms with Gasteiger partial charge in [-0.3, -0.25) is 0 Å². The first-order valence-electron chi connectivity index (χ1n) is 6.97. The van der Waals surface area contributed by atoms with E-state index in [4.69, 9.17) is 17.3 Å². The van der Waals surface area contributed by atoms with Crippen molar-refractivity contribution in [1.82, 2.24) is 4.31 Å². The van der Waals surface area contributed by atoms with Gasteiger partial charge in [-0.2, -0.15) is 4.31 Å². The van der Waals surface area contributed by atoms with Gasteiger partial charge in [0.2, 0.25) is 10.0 Å². The van der Waals surface area contributed by atoms with Gasteiger partial charge in [-0.1, -0.05) is 31.0 Å². The predicted octanol–water partition coefficient (Wildman–Crippen LogP) is 2.61. The predicted molar refractivity (Wildman–Crippen MR) is 81.1 cm³/mol. The fourth-order valence-electron chi connectivity index (χ4n) is 2.58. The van der Waals surface area contributed by atoms with Crippen LogP contribution < -0.4 is 5.73 Å². The number of hydrogen-bond acceptors (Lipinski definition) is 3. The van der Waals surface area contributed by atoms with E-state index in [2.05, 4.69) is 6.92 Å². The molecule has 1 aromatic carbocycles. The quantitative estimate of drug-likeness (QED) is 0.928. The van der Waals surface area contributed by atoms with Crippen molar-refractivity contribution in [2.45, 2.75) is 37.6 Å². The number of piperidine rings is 1. The lowest BCUT2D eigenvalue weighted by atomic mass is 9.97. The van der Waals surface area contributed by atoms with Crippen molar-refractivity contribution in [3.8, 4) is 0 Å². The minimum atomic E-state index is -3.44. The summed E-state index contributed by atoms with van der Waals surface area (Å²) in [4.78, 5) is 0.261. The Hall–Kier alpha value is -0.620. The fourth-order valence-corrected chi connectivity index (χ4v) is 4.49. The molecular weight excluding hydrogens is 296 g/mol. The molecular formula is C14H21ClN2O2S. The van der Waals surface area contributed by atoms with Gasteiger partial charge in [0.05, 0.1) is 4.90 Å². The van der Waals surface area contributed by atoms with Gasteiger partial charge in [0, 0.05) is 24.7 Å². The van der Waals surface area contributed by atoms with E-state index in [0.29, 0.717) is 30.6 Å². The number of sulfonamides is 1. The molecule has 0 bridgehead atoms. The van der Waals surface area contributed by atoms with Gasteiger partial charge in [-0.05, 0) is 36.5 Å². The summed E-state index contributed by atoms with van der Waals surface area (Å²) in [7, 11) is -3.44. The van der Waals surface area contributed by atoms with Crippen molar-refractivity contribution >= 4 is 21.6 Å². The molecule has 2 rings (SSSR count). The summed E-state index contributed by atoms with van der Waals surface area (Å²) in [6.07, 6.45) is 3.04. The third-order valence-electron chi connectivity index (χ3n) is 3.94. The zero-order chi connectivity index (χ0) is 14.8. The highest BCUT2D eigenvalue weighted by atomic mass is 35.5. The average Bonchev–Trinajstić information content (AvgIpc) is 2.47. The first kappa shape index (κ1) is 15.8. The van der Waals surface area contributed by atoms with Gasteiger partial charge < -0.3 is 5.73 Å². The monoisotopic (exact) mass is 316 g/mol. The van der Waals surface area contributed by atoms with Crippen molar-refractivity contribution in [2.24, 2.45) is 11.7 Å². The van der Waals surface area contributed by atoms with Gasteiger partial charge in [0.1, 0.15) is 0 Å². The van der Waals surface area contributed by atoms with Crippen LogP contribution in [-0.2, 0) is 16.6 Å². The summed E-state index contributed by atoms with van der Waals surface area (Å²) >= 11 is 6.07. The molecule has 20 heavy (non-hydrogen) atoms. The Balaban J connectivity index is 2.28. The molecule has 112 valence electrons. The third-order valence-corrected chi connectivity index (χ3v) is 6.15. The molecule has 0 radical (unpaired) electrons. The summed E-state index contributed by atoms with van der Waals surface area (Å²) in [5, 5.41) is 0.414. The smallest absolute Gasteiger partial charge is 0.243 e. The number of rotatable bonds is 4. The van der Waals surface area contributed by atoms with Crippen LogP contribution in [0.5, 0.6) is 0 Å². The van der Waals surface area contributed by atoms with Gasteiger partial charge in [-0.25, -0.2) is 8.42 Å². The maximum absolute atomic E-state index is 12.6. The van der Waals surface area contributed by atoms with Gasteiger partial charge >= 0.3 is 0 Å². The largest absolute Gasteiger partial charge is 0.326 e. The molecule has 0 amide bonds. The number of halogens is 1. The summed E-state index contributed by atoms with van der Waals surface area (Å²) in [5.41, 5.74) is 6.30. The highest BCUT2D eigenvalue weighted by Gasteiger charge is 2.29. The Morgan fingerprint density at radius 1 is 1.45 bits per heavy atom. The second-order valence-corrected chi connectivity index (χ2v) is 7.58. The number of nitrogens with zero attached hydrogens (tertiary/aromatic N) is 1. The molecule has 1 aliphatic heterocycles. The molecule has 0 spiro atoms. The van der Waals surface area contributed by atoms with Crippen LogP contribution in [-0.4, -0.2) is 25.8 Å². The second-order valence-electron chi connectivity index (χ2n) is 5.24. The van der Waals surface area contributed by atoms with E-state index in [-0.39, 0.29) is 4.90 Å². The minimum Gasteiger partial charge on any atom is -0.326 e. The van der Waals surface area contributed by atoms with E-state index < -0.39 is 10.0 Å². The Bertz CT molecular complexity index is 575. The first-order valence-corrected chi connectivity index (χ1v) is 8.79. The molecule has 6 heteroatoms. The van der Waals surface area contributed by atoms with Crippen LogP contribution in [0, 0.1) is 5.92 Å². The van der Waals surface area contributed by atoms with Crippen molar-refractivity contribution in [2.75, 3.05) is 13.1 Å². The number of benzene rings is 1. The molecule has 1 fully saturated rings. The standard InChI is InChI=1S/C14H21ClN2O2S/c1-2-11-4-3-7-17(10-11)20(18,19)13-6-5-12(9-16)14(15)8-13/h5-6,8,11H,2-4,7,9-10,16H2,1H3. The van der Waals surface area contributed by atoms with Crippen molar-refractivity contribution in [1.29, 1.82) is 0 Å². The lowest BCUT2D eigenvalue weighted by molar-refractivity contribution is 0.261. The van der Waals surface area contributed by atoms with E-state index >= 15 is 0 Å². The minimum absolute atomic E-state index is 0.261. The topological polar surface area (TPSA) is 63.4 Å². The van der Waals surface area contributed by atoms with E-state index in [1.54, 1.807) is 16.4 Å². The van der Waals surface area contributed by atoms with E-state index in [0.717, 1.165) is 24.8 Å². The van der Waals surface area contributed by atoms with E-state index in [9.17, 15) is 8.42 Å². The van der Waals surface area contributed by atoms with Gasteiger partial charge in [0.15, 0.2) is 0 Å². The normalized spacial score (nSPS) is 21.1. The second kappa shape index (κ2) is 6.43. The van der Waals surface area contributed by atoms with Crippen LogP contribution >= 0.6 is 11.6 Å². The maximum Gasteiger partial charge on any atom is 0.243 e. The molecule has 2 N–H and O–H groups in total.